The monoisotopic (exact) mass is 171 g/mol. The van der Waals surface area contributed by atoms with E-state index in [0.29, 0.717) is 0 Å². The van der Waals surface area contributed by atoms with Gasteiger partial charge in [0.05, 0.1) is 12.1 Å². The summed E-state index contributed by atoms with van der Waals surface area (Å²) < 4.78 is 0. The summed E-state index contributed by atoms with van der Waals surface area (Å²) >= 11 is 0. The van der Waals surface area contributed by atoms with Gasteiger partial charge in [-0.25, -0.2) is 0 Å². The van der Waals surface area contributed by atoms with Gasteiger partial charge < -0.3 is 10.4 Å². The Kier molecular flexibility index (Phi) is 2.42. The third-order valence-electron chi connectivity index (χ3n) is 2.24. The lowest BCUT2D eigenvalue weighted by Gasteiger charge is -2.34. The van der Waals surface area contributed by atoms with Crippen molar-refractivity contribution in [3.05, 3.63) is 0 Å². The van der Waals surface area contributed by atoms with Crippen molar-refractivity contribution in [3.8, 4) is 0 Å². The summed E-state index contributed by atoms with van der Waals surface area (Å²) in [5.41, 5.74) is -0.352. The molecule has 12 heavy (non-hydrogen) atoms. The zero-order valence-electron chi connectivity index (χ0n) is 7.92. The van der Waals surface area contributed by atoms with Gasteiger partial charge in [-0.3, -0.25) is 4.79 Å². The second-order valence-electron chi connectivity index (χ2n) is 4.47. The summed E-state index contributed by atoms with van der Waals surface area (Å²) in [6, 6.07) is -0.00303. The van der Waals surface area contributed by atoms with Crippen LogP contribution in [0.25, 0.3) is 0 Å². The van der Waals surface area contributed by atoms with Crippen molar-refractivity contribution < 1.29 is 9.90 Å². The van der Waals surface area contributed by atoms with E-state index in [0.717, 1.165) is 12.8 Å². The van der Waals surface area contributed by atoms with Crippen LogP contribution in [-0.2, 0) is 4.79 Å². The van der Waals surface area contributed by atoms with Crippen molar-refractivity contribution in [1.82, 2.24) is 5.32 Å². The lowest BCUT2D eigenvalue weighted by atomic mass is 9.87. The fourth-order valence-electron chi connectivity index (χ4n) is 1.04. The van der Waals surface area contributed by atoms with E-state index in [1.807, 2.05) is 20.8 Å². The minimum atomic E-state index is -0.352. The van der Waals surface area contributed by atoms with Crippen molar-refractivity contribution in [1.29, 1.82) is 0 Å². The largest absolute Gasteiger partial charge is 0.391 e. The lowest BCUT2D eigenvalue weighted by Crippen LogP contribution is -2.52. The van der Waals surface area contributed by atoms with Crippen LogP contribution in [-0.4, -0.2) is 23.2 Å². The molecule has 2 N–H and O–H groups in total. The van der Waals surface area contributed by atoms with E-state index < -0.39 is 0 Å². The number of rotatable bonds is 1. The Morgan fingerprint density at radius 1 is 1.42 bits per heavy atom. The zero-order valence-corrected chi connectivity index (χ0v) is 7.92. The Balaban J connectivity index is 2.36. The predicted molar refractivity (Wildman–Crippen MR) is 46.6 cm³/mol. The molecule has 0 heterocycles. The molecule has 0 aromatic heterocycles. The molecule has 0 aliphatic heterocycles. The number of amides is 1. The van der Waals surface area contributed by atoms with Crippen molar-refractivity contribution in [3.63, 3.8) is 0 Å². The molecule has 0 unspecified atom stereocenters. The quantitative estimate of drug-likeness (QED) is 0.609. The molecule has 0 spiro atoms. The molecule has 2 atom stereocenters. The number of carbonyl (C=O) groups is 1. The van der Waals surface area contributed by atoms with Crippen LogP contribution in [0.5, 0.6) is 0 Å². The molecule has 0 saturated heterocycles. The van der Waals surface area contributed by atoms with Gasteiger partial charge in [0.1, 0.15) is 0 Å². The first kappa shape index (κ1) is 9.52. The highest BCUT2D eigenvalue weighted by Gasteiger charge is 2.32. The van der Waals surface area contributed by atoms with Crippen LogP contribution in [0.3, 0.4) is 0 Å². The molecule has 0 aromatic carbocycles. The molecule has 1 aliphatic carbocycles. The number of nitrogens with one attached hydrogen (secondary N) is 1. The van der Waals surface area contributed by atoms with E-state index in [9.17, 15) is 9.90 Å². The summed E-state index contributed by atoms with van der Waals surface area (Å²) in [6.07, 6.45) is 1.40. The van der Waals surface area contributed by atoms with Crippen molar-refractivity contribution in [2.24, 2.45) is 5.41 Å². The fraction of sp³-hybridized carbons (Fsp3) is 0.889. The molecule has 1 amide bonds. The molecule has 1 saturated carbocycles. The van der Waals surface area contributed by atoms with Crippen LogP contribution in [0.1, 0.15) is 33.6 Å². The Morgan fingerprint density at radius 2 is 2.00 bits per heavy atom. The van der Waals surface area contributed by atoms with Crippen LogP contribution in [0.15, 0.2) is 0 Å². The number of carbonyl (C=O) groups excluding carboxylic acids is 1. The van der Waals surface area contributed by atoms with Crippen LogP contribution < -0.4 is 5.32 Å². The molecule has 70 valence electrons. The second kappa shape index (κ2) is 3.05. The molecule has 1 rings (SSSR count). The summed E-state index contributed by atoms with van der Waals surface area (Å²) in [5, 5.41) is 12.0. The van der Waals surface area contributed by atoms with Gasteiger partial charge in [0, 0.05) is 5.41 Å². The minimum Gasteiger partial charge on any atom is -0.391 e. The summed E-state index contributed by atoms with van der Waals surface area (Å²) in [6.45, 7) is 5.61. The molecule has 0 bridgehead atoms. The topological polar surface area (TPSA) is 49.3 Å². The van der Waals surface area contributed by atoms with E-state index in [1.165, 1.54) is 0 Å². The summed E-state index contributed by atoms with van der Waals surface area (Å²) in [5.74, 6) is 0.0197. The normalized spacial score (nSPS) is 29.3. The number of aliphatic hydroxyl groups excluding tert-OH is 1. The molecule has 1 aliphatic rings. The standard InChI is InChI=1S/C9H17NO2/c1-9(2,3)8(12)10-6-4-5-7(6)11/h6-7,11H,4-5H2,1-3H3,(H,10,12)/t6-,7-/m0/s1. The third kappa shape index (κ3) is 1.97. The van der Waals surface area contributed by atoms with Crippen molar-refractivity contribution >= 4 is 5.91 Å². The van der Waals surface area contributed by atoms with Crippen LogP contribution in [0.4, 0.5) is 0 Å². The van der Waals surface area contributed by atoms with Gasteiger partial charge in [0.25, 0.3) is 0 Å². The maximum Gasteiger partial charge on any atom is 0.225 e. The third-order valence-corrected chi connectivity index (χ3v) is 2.24. The van der Waals surface area contributed by atoms with E-state index in [2.05, 4.69) is 5.32 Å². The van der Waals surface area contributed by atoms with Crippen LogP contribution in [0, 0.1) is 5.41 Å². The molecular weight excluding hydrogens is 154 g/mol. The summed E-state index contributed by atoms with van der Waals surface area (Å²) in [4.78, 5) is 11.4. The van der Waals surface area contributed by atoms with Gasteiger partial charge in [-0.1, -0.05) is 20.8 Å². The van der Waals surface area contributed by atoms with E-state index in [1.54, 1.807) is 0 Å². The Bertz CT molecular complexity index is 183. The van der Waals surface area contributed by atoms with E-state index in [4.69, 9.17) is 0 Å². The Labute approximate surface area is 73.2 Å². The highest BCUT2D eigenvalue weighted by Crippen LogP contribution is 2.21. The van der Waals surface area contributed by atoms with E-state index >= 15 is 0 Å². The maximum absolute atomic E-state index is 11.4. The first-order valence-corrected chi connectivity index (χ1v) is 4.40. The van der Waals surface area contributed by atoms with Gasteiger partial charge in [-0.15, -0.1) is 0 Å². The Morgan fingerprint density at radius 3 is 2.25 bits per heavy atom. The first-order valence-electron chi connectivity index (χ1n) is 4.40. The van der Waals surface area contributed by atoms with Gasteiger partial charge in [-0.2, -0.15) is 0 Å². The molecule has 3 heteroatoms. The minimum absolute atomic E-state index is 0.00303. The molecular formula is C9H17NO2. The maximum atomic E-state index is 11.4. The van der Waals surface area contributed by atoms with Gasteiger partial charge in [0.2, 0.25) is 5.91 Å². The second-order valence-corrected chi connectivity index (χ2v) is 4.47. The molecule has 1 fully saturated rings. The van der Waals surface area contributed by atoms with Crippen LogP contribution >= 0.6 is 0 Å². The van der Waals surface area contributed by atoms with Gasteiger partial charge in [0.15, 0.2) is 0 Å². The average molecular weight is 171 g/mol. The first-order chi connectivity index (χ1) is 5.41. The lowest BCUT2D eigenvalue weighted by molar-refractivity contribution is -0.131. The van der Waals surface area contributed by atoms with Gasteiger partial charge >= 0.3 is 0 Å². The molecule has 0 radical (unpaired) electrons. The van der Waals surface area contributed by atoms with Crippen molar-refractivity contribution in [2.75, 3.05) is 0 Å². The van der Waals surface area contributed by atoms with Crippen LogP contribution in [0.2, 0.25) is 0 Å². The van der Waals surface area contributed by atoms with Gasteiger partial charge in [-0.05, 0) is 12.8 Å². The highest BCUT2D eigenvalue weighted by atomic mass is 16.3. The number of aliphatic hydroxyl groups is 1. The van der Waals surface area contributed by atoms with E-state index in [-0.39, 0.29) is 23.5 Å². The SMILES string of the molecule is CC(C)(C)C(=O)N[C@H]1CC[C@@H]1O. The Hall–Kier alpha value is -0.570. The van der Waals surface area contributed by atoms with Crippen molar-refractivity contribution in [2.45, 2.75) is 45.8 Å². The average Bonchev–Trinajstić information content (AvgIpc) is 1.95. The predicted octanol–water partition coefficient (Wildman–Crippen LogP) is 0.672. The fourth-order valence-corrected chi connectivity index (χ4v) is 1.04. The zero-order chi connectivity index (χ0) is 9.35. The molecule has 3 nitrogen and oxygen atoms in total. The number of hydrogen-bond acceptors (Lipinski definition) is 2. The summed E-state index contributed by atoms with van der Waals surface area (Å²) in [7, 11) is 0. The molecule has 0 aromatic rings. The highest BCUT2D eigenvalue weighted by molar-refractivity contribution is 5.81. The number of hydrogen-bond donors (Lipinski definition) is 2. The smallest absolute Gasteiger partial charge is 0.225 e.